The SMILES string of the molecule is C#CC(=O)N1CC2CC(Nc3ncnc(N)c3C(=N)c3ccc(-c4ccccc4)cc3)C1C2. The van der Waals surface area contributed by atoms with Crippen molar-refractivity contribution >= 4 is 23.3 Å². The van der Waals surface area contributed by atoms with Gasteiger partial charge in [0.25, 0.3) is 5.91 Å². The number of nitrogens with one attached hydrogen (secondary N) is 2. The van der Waals surface area contributed by atoms with Gasteiger partial charge < -0.3 is 16.0 Å². The molecule has 3 unspecified atom stereocenters. The third kappa shape index (κ3) is 3.80. The fraction of sp³-hybridized carbons (Fsp3) is 0.231. The molecule has 1 amide bonds. The molecule has 33 heavy (non-hydrogen) atoms. The molecular weight excluding hydrogens is 412 g/mol. The van der Waals surface area contributed by atoms with Crippen molar-refractivity contribution < 1.29 is 4.79 Å². The van der Waals surface area contributed by atoms with Gasteiger partial charge in [0.1, 0.15) is 18.0 Å². The maximum Gasteiger partial charge on any atom is 0.298 e. The lowest BCUT2D eigenvalue weighted by molar-refractivity contribution is -0.126. The smallest absolute Gasteiger partial charge is 0.298 e. The summed E-state index contributed by atoms with van der Waals surface area (Å²) in [6, 6.07) is 17.9. The Kier molecular flexibility index (Phi) is 5.27. The second-order valence-electron chi connectivity index (χ2n) is 8.56. The molecule has 2 bridgehead atoms. The quantitative estimate of drug-likeness (QED) is 0.421. The van der Waals surface area contributed by atoms with Crippen LogP contribution in [0.4, 0.5) is 11.6 Å². The number of hydrogen-bond acceptors (Lipinski definition) is 6. The normalized spacial score (nSPS) is 20.9. The van der Waals surface area contributed by atoms with E-state index in [1.165, 1.54) is 6.33 Å². The van der Waals surface area contributed by atoms with Gasteiger partial charge in [0.15, 0.2) is 0 Å². The predicted octanol–water partition coefficient (Wildman–Crippen LogP) is 3.18. The van der Waals surface area contributed by atoms with E-state index in [-0.39, 0.29) is 29.5 Å². The molecule has 7 nitrogen and oxygen atoms in total. The van der Waals surface area contributed by atoms with Crippen LogP contribution in [0, 0.1) is 23.7 Å². The first kappa shape index (κ1) is 20.7. The molecule has 2 aliphatic rings. The molecule has 5 rings (SSSR count). The fourth-order valence-corrected chi connectivity index (χ4v) is 5.03. The Hall–Kier alpha value is -4.18. The van der Waals surface area contributed by atoms with E-state index in [9.17, 15) is 4.79 Å². The lowest BCUT2D eigenvalue weighted by Gasteiger charge is -2.33. The number of fused-ring (bicyclic) bond motifs is 2. The first-order valence-corrected chi connectivity index (χ1v) is 10.9. The van der Waals surface area contributed by atoms with Crippen LogP contribution in [0.2, 0.25) is 0 Å². The number of aromatic nitrogens is 2. The van der Waals surface area contributed by atoms with Gasteiger partial charge in [-0.3, -0.25) is 10.2 Å². The van der Waals surface area contributed by atoms with Crippen LogP contribution in [-0.2, 0) is 4.79 Å². The Labute approximate surface area is 192 Å². The summed E-state index contributed by atoms with van der Waals surface area (Å²) in [7, 11) is 0. The molecule has 7 heteroatoms. The molecule has 164 valence electrons. The van der Waals surface area contributed by atoms with Crippen LogP contribution in [0.3, 0.4) is 0 Å². The molecule has 2 aromatic carbocycles. The number of rotatable bonds is 5. The van der Waals surface area contributed by atoms with Gasteiger partial charge in [-0.25, -0.2) is 9.97 Å². The number of benzene rings is 2. The Balaban J connectivity index is 1.40. The molecule has 4 N–H and O–H groups in total. The topological polar surface area (TPSA) is 108 Å². The van der Waals surface area contributed by atoms with Gasteiger partial charge >= 0.3 is 0 Å². The molecule has 1 aliphatic carbocycles. The summed E-state index contributed by atoms with van der Waals surface area (Å²) < 4.78 is 0. The zero-order chi connectivity index (χ0) is 22.9. The Bertz CT molecular complexity index is 1250. The molecule has 1 saturated carbocycles. The van der Waals surface area contributed by atoms with E-state index in [1.807, 2.05) is 42.5 Å². The van der Waals surface area contributed by atoms with Gasteiger partial charge in [-0.05, 0) is 35.8 Å². The van der Waals surface area contributed by atoms with E-state index in [1.54, 1.807) is 4.90 Å². The highest BCUT2D eigenvalue weighted by atomic mass is 16.2. The summed E-state index contributed by atoms with van der Waals surface area (Å²) in [6.07, 6.45) is 8.58. The van der Waals surface area contributed by atoms with E-state index in [0.717, 1.165) is 29.5 Å². The molecule has 3 aromatic rings. The number of nitrogens with zero attached hydrogens (tertiary/aromatic N) is 3. The predicted molar refractivity (Wildman–Crippen MR) is 129 cm³/mol. The standard InChI is InChI=1S/C26H24N6O/c1-2-22(33)32-14-16-12-20(21(32)13-16)31-26-23(25(28)29-15-30-26)24(27)19-10-8-18(9-11-19)17-6-4-3-5-7-17/h1,3-11,15-16,20-21,27H,12-14H2,(H3,28,29,30,31). The summed E-state index contributed by atoms with van der Waals surface area (Å²) in [6.45, 7) is 0.703. The molecule has 2 heterocycles. The highest BCUT2D eigenvalue weighted by Crippen LogP contribution is 2.39. The lowest BCUT2D eigenvalue weighted by Crippen LogP contribution is -2.47. The first-order valence-electron chi connectivity index (χ1n) is 10.9. The number of nitrogens with two attached hydrogens (primary N) is 1. The second kappa shape index (κ2) is 8.40. The number of anilines is 2. The van der Waals surface area contributed by atoms with Crippen molar-refractivity contribution in [3.63, 3.8) is 0 Å². The zero-order valence-corrected chi connectivity index (χ0v) is 18.0. The van der Waals surface area contributed by atoms with Crippen LogP contribution < -0.4 is 11.1 Å². The van der Waals surface area contributed by atoms with E-state index in [0.29, 0.717) is 23.8 Å². The Morgan fingerprint density at radius 2 is 1.82 bits per heavy atom. The fourth-order valence-electron chi connectivity index (χ4n) is 5.03. The number of carbonyl (C=O) groups is 1. The van der Waals surface area contributed by atoms with Crippen LogP contribution in [0.1, 0.15) is 24.0 Å². The first-order chi connectivity index (χ1) is 16.0. The molecule has 0 spiro atoms. The minimum absolute atomic E-state index is 0.00218. The number of hydrogen-bond donors (Lipinski definition) is 3. The van der Waals surface area contributed by atoms with Crippen molar-refractivity contribution in [1.29, 1.82) is 5.41 Å². The largest absolute Gasteiger partial charge is 0.383 e. The van der Waals surface area contributed by atoms with Crippen molar-refractivity contribution in [2.24, 2.45) is 5.92 Å². The van der Waals surface area contributed by atoms with E-state index in [2.05, 4.69) is 33.3 Å². The van der Waals surface area contributed by atoms with Crippen molar-refractivity contribution in [3.05, 3.63) is 72.1 Å². The maximum absolute atomic E-state index is 12.1. The Morgan fingerprint density at radius 3 is 2.52 bits per heavy atom. The minimum atomic E-state index is -0.275. The van der Waals surface area contributed by atoms with Crippen LogP contribution in [0.25, 0.3) is 11.1 Å². The van der Waals surface area contributed by atoms with E-state index in [4.69, 9.17) is 17.6 Å². The summed E-state index contributed by atoms with van der Waals surface area (Å²) in [4.78, 5) is 22.4. The number of carbonyl (C=O) groups excluding carboxylic acids is 1. The molecular formula is C26H24N6O. The van der Waals surface area contributed by atoms with Crippen molar-refractivity contribution in [2.75, 3.05) is 17.6 Å². The minimum Gasteiger partial charge on any atom is -0.383 e. The van der Waals surface area contributed by atoms with E-state index >= 15 is 0 Å². The maximum atomic E-state index is 12.1. The van der Waals surface area contributed by atoms with Gasteiger partial charge in [0.2, 0.25) is 0 Å². The number of terminal acetylenes is 1. The van der Waals surface area contributed by atoms with Gasteiger partial charge in [-0.15, -0.1) is 6.42 Å². The second-order valence-corrected chi connectivity index (χ2v) is 8.56. The third-order valence-corrected chi connectivity index (χ3v) is 6.60. The van der Waals surface area contributed by atoms with Crippen LogP contribution in [0.15, 0.2) is 60.9 Å². The highest BCUT2D eigenvalue weighted by molar-refractivity contribution is 6.16. The summed E-state index contributed by atoms with van der Waals surface area (Å²) in [5.41, 5.74) is 9.82. The average Bonchev–Trinajstić information content (AvgIpc) is 3.45. The van der Waals surface area contributed by atoms with Crippen LogP contribution >= 0.6 is 0 Å². The summed E-state index contributed by atoms with van der Waals surface area (Å²) >= 11 is 0. The number of amides is 1. The Morgan fingerprint density at radius 1 is 1.09 bits per heavy atom. The van der Waals surface area contributed by atoms with Crippen molar-refractivity contribution in [3.8, 4) is 23.5 Å². The highest BCUT2D eigenvalue weighted by Gasteiger charge is 2.47. The van der Waals surface area contributed by atoms with Crippen molar-refractivity contribution in [1.82, 2.24) is 14.9 Å². The monoisotopic (exact) mass is 436 g/mol. The van der Waals surface area contributed by atoms with Crippen LogP contribution in [-0.4, -0.2) is 45.1 Å². The molecule has 3 atom stereocenters. The number of nitrogen functional groups attached to an aromatic ring is 1. The number of piperidine rings is 1. The molecule has 2 fully saturated rings. The van der Waals surface area contributed by atoms with E-state index < -0.39 is 0 Å². The van der Waals surface area contributed by atoms with Crippen LogP contribution in [0.5, 0.6) is 0 Å². The van der Waals surface area contributed by atoms with Gasteiger partial charge in [-0.2, -0.15) is 0 Å². The summed E-state index contributed by atoms with van der Waals surface area (Å²) in [5.74, 6) is 3.12. The van der Waals surface area contributed by atoms with Gasteiger partial charge in [0, 0.05) is 18.2 Å². The summed E-state index contributed by atoms with van der Waals surface area (Å²) in [5, 5.41) is 12.3. The molecule has 1 saturated heterocycles. The molecule has 1 aliphatic heterocycles. The van der Waals surface area contributed by atoms with Gasteiger partial charge in [-0.1, -0.05) is 54.6 Å². The molecule has 1 aromatic heterocycles. The molecule has 0 radical (unpaired) electrons. The average molecular weight is 437 g/mol. The third-order valence-electron chi connectivity index (χ3n) is 6.60. The number of likely N-dealkylation sites (tertiary alicyclic amines) is 1. The van der Waals surface area contributed by atoms with Gasteiger partial charge in [0.05, 0.1) is 17.3 Å². The zero-order valence-electron chi connectivity index (χ0n) is 18.0. The van der Waals surface area contributed by atoms with Crippen molar-refractivity contribution in [2.45, 2.75) is 24.9 Å². The lowest BCUT2D eigenvalue weighted by atomic mass is 9.98.